The summed E-state index contributed by atoms with van der Waals surface area (Å²) >= 11 is 0. The smallest absolute Gasteiger partial charge is 0.175 e. The molecule has 1 aromatic carbocycles. The molecule has 0 amide bonds. The molecule has 0 aromatic heterocycles. The Hall–Kier alpha value is -0.830. The van der Waals surface area contributed by atoms with E-state index in [1.165, 1.54) is 17.4 Å². The van der Waals surface area contributed by atoms with Gasteiger partial charge in [-0.3, -0.25) is 0 Å². The van der Waals surface area contributed by atoms with Gasteiger partial charge in [0.15, 0.2) is 9.84 Å². The van der Waals surface area contributed by atoms with E-state index in [0.29, 0.717) is 10.8 Å². The Bertz CT molecular complexity index is 513. The van der Waals surface area contributed by atoms with Gasteiger partial charge in [0.05, 0.1) is 4.90 Å². The van der Waals surface area contributed by atoms with Crippen LogP contribution in [0.1, 0.15) is 42.9 Å². The van der Waals surface area contributed by atoms with E-state index in [4.69, 9.17) is 0 Å². The molecule has 0 saturated carbocycles. The normalized spacial score (nSPS) is 15.5. The molecular weight excluding hydrogens is 220 g/mol. The van der Waals surface area contributed by atoms with Crippen molar-refractivity contribution in [2.75, 3.05) is 6.26 Å². The van der Waals surface area contributed by atoms with Crippen molar-refractivity contribution in [2.45, 2.75) is 43.9 Å². The van der Waals surface area contributed by atoms with E-state index in [9.17, 15) is 8.42 Å². The molecule has 0 heterocycles. The van der Waals surface area contributed by atoms with Crippen molar-refractivity contribution < 1.29 is 8.42 Å². The van der Waals surface area contributed by atoms with Gasteiger partial charge in [-0.2, -0.15) is 0 Å². The standard InChI is InChI=1S/C13H18O2S/c1-9(2)10-7-8-13(16(3,14)15)12-6-4-5-11(10)12/h7-9H,4-6H2,1-3H3. The minimum Gasteiger partial charge on any atom is -0.224 e. The molecule has 0 saturated heterocycles. The van der Waals surface area contributed by atoms with Crippen LogP contribution in [-0.2, 0) is 22.7 Å². The second-order valence-electron chi connectivity index (χ2n) is 4.89. The lowest BCUT2D eigenvalue weighted by molar-refractivity contribution is 0.600. The van der Waals surface area contributed by atoms with Gasteiger partial charge in [0.2, 0.25) is 0 Å². The monoisotopic (exact) mass is 238 g/mol. The van der Waals surface area contributed by atoms with Gasteiger partial charge < -0.3 is 0 Å². The van der Waals surface area contributed by atoms with Gasteiger partial charge >= 0.3 is 0 Å². The molecule has 2 nitrogen and oxygen atoms in total. The Kier molecular flexibility index (Phi) is 2.82. The zero-order valence-corrected chi connectivity index (χ0v) is 10.9. The Labute approximate surface area is 97.6 Å². The summed E-state index contributed by atoms with van der Waals surface area (Å²) in [6.45, 7) is 4.32. The third-order valence-corrected chi connectivity index (χ3v) is 4.48. The highest BCUT2D eigenvalue weighted by atomic mass is 32.2. The lowest BCUT2D eigenvalue weighted by Gasteiger charge is -2.14. The molecule has 1 aliphatic carbocycles. The van der Waals surface area contributed by atoms with Gasteiger partial charge in [-0.25, -0.2) is 8.42 Å². The van der Waals surface area contributed by atoms with Crippen molar-refractivity contribution in [1.29, 1.82) is 0 Å². The third kappa shape index (κ3) is 1.88. The minimum atomic E-state index is -3.07. The van der Waals surface area contributed by atoms with Gasteiger partial charge in [-0.05, 0) is 47.9 Å². The zero-order valence-electron chi connectivity index (χ0n) is 10.1. The van der Waals surface area contributed by atoms with Crippen LogP contribution in [-0.4, -0.2) is 14.7 Å². The predicted molar refractivity (Wildman–Crippen MR) is 65.7 cm³/mol. The molecule has 0 N–H and O–H groups in total. The maximum absolute atomic E-state index is 11.7. The molecule has 0 aliphatic heterocycles. The average molecular weight is 238 g/mol. The second-order valence-corrected chi connectivity index (χ2v) is 6.87. The first kappa shape index (κ1) is 11.6. The Balaban J connectivity index is 2.67. The van der Waals surface area contributed by atoms with Crippen molar-refractivity contribution in [2.24, 2.45) is 0 Å². The van der Waals surface area contributed by atoms with Crippen LogP contribution in [0.5, 0.6) is 0 Å². The molecular formula is C13H18O2S. The van der Waals surface area contributed by atoms with Gasteiger partial charge in [0.25, 0.3) is 0 Å². The lowest BCUT2D eigenvalue weighted by Crippen LogP contribution is -2.05. The fourth-order valence-corrected chi connectivity index (χ4v) is 3.58. The number of hydrogen-bond donors (Lipinski definition) is 0. The fraction of sp³-hybridized carbons (Fsp3) is 0.538. The van der Waals surface area contributed by atoms with Crippen LogP contribution < -0.4 is 0 Å². The molecule has 88 valence electrons. The highest BCUT2D eigenvalue weighted by molar-refractivity contribution is 7.90. The molecule has 16 heavy (non-hydrogen) atoms. The number of benzene rings is 1. The SMILES string of the molecule is CC(C)c1ccc(S(C)(=O)=O)c2c1CCC2. The fourth-order valence-electron chi connectivity index (χ4n) is 2.59. The summed E-state index contributed by atoms with van der Waals surface area (Å²) in [5.41, 5.74) is 3.69. The van der Waals surface area contributed by atoms with Crippen LogP contribution >= 0.6 is 0 Å². The van der Waals surface area contributed by atoms with Crippen LogP contribution in [0, 0.1) is 0 Å². The second kappa shape index (κ2) is 3.88. The first-order valence-corrected chi connectivity index (χ1v) is 7.65. The molecule has 0 spiro atoms. The maximum atomic E-state index is 11.7. The van der Waals surface area contributed by atoms with Crippen molar-refractivity contribution >= 4 is 9.84 Å². The van der Waals surface area contributed by atoms with Crippen molar-refractivity contribution in [3.05, 3.63) is 28.8 Å². The number of hydrogen-bond acceptors (Lipinski definition) is 2. The van der Waals surface area contributed by atoms with E-state index in [0.717, 1.165) is 24.8 Å². The molecule has 0 bridgehead atoms. The number of fused-ring (bicyclic) bond motifs is 1. The minimum absolute atomic E-state index is 0.473. The molecule has 0 fully saturated rings. The van der Waals surface area contributed by atoms with E-state index in [1.54, 1.807) is 6.07 Å². The summed E-state index contributed by atoms with van der Waals surface area (Å²) < 4.78 is 23.3. The molecule has 1 aliphatic rings. The van der Waals surface area contributed by atoms with Crippen LogP contribution in [0.15, 0.2) is 17.0 Å². The topological polar surface area (TPSA) is 34.1 Å². The molecule has 0 atom stereocenters. The molecule has 1 aromatic rings. The Morgan fingerprint density at radius 1 is 1.12 bits per heavy atom. The van der Waals surface area contributed by atoms with E-state index < -0.39 is 9.84 Å². The summed E-state index contributed by atoms with van der Waals surface area (Å²) in [6, 6.07) is 3.78. The summed E-state index contributed by atoms with van der Waals surface area (Å²) in [5, 5.41) is 0. The zero-order chi connectivity index (χ0) is 11.9. The molecule has 2 rings (SSSR count). The average Bonchev–Trinajstić information content (AvgIpc) is 2.61. The van der Waals surface area contributed by atoms with Crippen molar-refractivity contribution in [1.82, 2.24) is 0 Å². The Morgan fingerprint density at radius 3 is 2.31 bits per heavy atom. The van der Waals surface area contributed by atoms with E-state index in [-0.39, 0.29) is 0 Å². The number of sulfone groups is 1. The van der Waals surface area contributed by atoms with Gasteiger partial charge in [-0.1, -0.05) is 19.9 Å². The van der Waals surface area contributed by atoms with E-state index >= 15 is 0 Å². The van der Waals surface area contributed by atoms with Gasteiger partial charge in [0, 0.05) is 6.26 Å². The summed E-state index contributed by atoms with van der Waals surface area (Å²) in [4.78, 5) is 0.546. The number of rotatable bonds is 2. The Morgan fingerprint density at radius 2 is 1.75 bits per heavy atom. The maximum Gasteiger partial charge on any atom is 0.175 e. The van der Waals surface area contributed by atoms with Gasteiger partial charge in [-0.15, -0.1) is 0 Å². The lowest BCUT2D eigenvalue weighted by atomic mass is 9.95. The van der Waals surface area contributed by atoms with Crippen molar-refractivity contribution in [3.8, 4) is 0 Å². The van der Waals surface area contributed by atoms with Crippen LogP contribution in [0.4, 0.5) is 0 Å². The first-order valence-electron chi connectivity index (χ1n) is 5.76. The van der Waals surface area contributed by atoms with E-state index in [2.05, 4.69) is 13.8 Å². The summed E-state index contributed by atoms with van der Waals surface area (Å²) in [7, 11) is -3.07. The molecule has 0 radical (unpaired) electrons. The van der Waals surface area contributed by atoms with Crippen LogP contribution in [0.25, 0.3) is 0 Å². The third-order valence-electron chi connectivity index (χ3n) is 3.30. The highest BCUT2D eigenvalue weighted by Crippen LogP contribution is 2.34. The summed E-state index contributed by atoms with van der Waals surface area (Å²) in [6.07, 6.45) is 4.34. The molecule has 3 heteroatoms. The predicted octanol–water partition coefficient (Wildman–Crippen LogP) is 2.70. The first-order chi connectivity index (χ1) is 7.41. The van der Waals surface area contributed by atoms with Gasteiger partial charge in [0.1, 0.15) is 0 Å². The van der Waals surface area contributed by atoms with Crippen molar-refractivity contribution in [3.63, 3.8) is 0 Å². The largest absolute Gasteiger partial charge is 0.224 e. The van der Waals surface area contributed by atoms with Crippen LogP contribution in [0.2, 0.25) is 0 Å². The summed E-state index contributed by atoms with van der Waals surface area (Å²) in [5.74, 6) is 0.473. The van der Waals surface area contributed by atoms with E-state index in [1.807, 2.05) is 6.07 Å². The van der Waals surface area contributed by atoms with Crippen LogP contribution in [0.3, 0.4) is 0 Å². The molecule has 0 unspecified atom stereocenters. The quantitative estimate of drug-likeness (QED) is 0.794. The highest BCUT2D eigenvalue weighted by Gasteiger charge is 2.23.